The third kappa shape index (κ3) is 2.01. The van der Waals surface area contributed by atoms with Crippen molar-refractivity contribution in [1.82, 2.24) is 4.98 Å². The summed E-state index contributed by atoms with van der Waals surface area (Å²) < 4.78 is 17.8. The van der Waals surface area contributed by atoms with Gasteiger partial charge in [0.1, 0.15) is 5.82 Å². The van der Waals surface area contributed by atoms with Gasteiger partial charge in [-0.2, -0.15) is 4.39 Å². The zero-order chi connectivity index (χ0) is 9.97. The minimum absolute atomic E-state index is 0.348. The van der Waals surface area contributed by atoms with E-state index in [2.05, 4.69) is 10.3 Å². The summed E-state index contributed by atoms with van der Waals surface area (Å²) in [6.07, 6.45) is 2.28. The average Bonchev–Trinajstić information content (AvgIpc) is 2.10. The fraction of sp³-hybridized carbons (Fsp3) is 0.500. The van der Waals surface area contributed by atoms with Crippen molar-refractivity contribution in [3.63, 3.8) is 0 Å². The predicted octanol–water partition coefficient (Wildman–Crippen LogP) is 1.81. The molecule has 1 aromatic heterocycles. The Labute approximate surface area is 82.3 Å². The van der Waals surface area contributed by atoms with Crippen molar-refractivity contribution < 1.29 is 9.13 Å². The molecule has 0 amide bonds. The minimum Gasteiger partial charge on any atom is -0.381 e. The first-order chi connectivity index (χ1) is 6.78. The summed E-state index contributed by atoms with van der Waals surface area (Å²) in [4.78, 5) is 3.73. The quantitative estimate of drug-likeness (QED) is 0.748. The fourth-order valence-electron chi connectivity index (χ4n) is 1.57. The summed E-state index contributed by atoms with van der Waals surface area (Å²) in [7, 11) is 1.71. The van der Waals surface area contributed by atoms with Crippen LogP contribution >= 0.6 is 0 Å². The molecular weight excluding hydrogens is 183 g/mol. The molecule has 0 spiro atoms. The molecular formula is C10H13FN2O. The lowest BCUT2D eigenvalue weighted by Crippen LogP contribution is -2.40. The highest BCUT2D eigenvalue weighted by Gasteiger charge is 2.28. The van der Waals surface area contributed by atoms with Gasteiger partial charge >= 0.3 is 0 Å². The Morgan fingerprint density at radius 1 is 1.50 bits per heavy atom. The van der Waals surface area contributed by atoms with Crippen LogP contribution in [0.25, 0.3) is 0 Å². The Hall–Kier alpha value is -1.16. The van der Waals surface area contributed by atoms with Gasteiger partial charge in [-0.3, -0.25) is 0 Å². The fourth-order valence-corrected chi connectivity index (χ4v) is 1.57. The molecule has 0 aromatic carbocycles. The molecule has 1 fully saturated rings. The molecule has 3 nitrogen and oxygen atoms in total. The maximum absolute atomic E-state index is 12.7. The van der Waals surface area contributed by atoms with Gasteiger partial charge in [-0.05, 0) is 25.0 Å². The van der Waals surface area contributed by atoms with Crippen LogP contribution in [0.5, 0.6) is 0 Å². The molecule has 1 N–H and O–H groups in total. The topological polar surface area (TPSA) is 34.1 Å². The van der Waals surface area contributed by atoms with Crippen LogP contribution in [-0.4, -0.2) is 24.2 Å². The summed E-state index contributed by atoms with van der Waals surface area (Å²) >= 11 is 0. The summed E-state index contributed by atoms with van der Waals surface area (Å²) in [6.45, 7) is 0. The lowest BCUT2D eigenvalue weighted by Gasteiger charge is -2.34. The van der Waals surface area contributed by atoms with Crippen molar-refractivity contribution in [2.75, 3.05) is 12.4 Å². The molecule has 4 heteroatoms. The first-order valence-electron chi connectivity index (χ1n) is 4.70. The summed E-state index contributed by atoms with van der Waals surface area (Å²) in [6, 6.07) is 5.12. The second-order valence-corrected chi connectivity index (χ2v) is 3.52. The molecule has 1 heterocycles. The van der Waals surface area contributed by atoms with Gasteiger partial charge in [-0.1, -0.05) is 6.07 Å². The zero-order valence-electron chi connectivity index (χ0n) is 8.03. The zero-order valence-corrected chi connectivity index (χ0v) is 8.03. The van der Waals surface area contributed by atoms with E-state index in [0.29, 0.717) is 18.0 Å². The van der Waals surface area contributed by atoms with E-state index in [9.17, 15) is 4.39 Å². The molecule has 0 atom stereocenters. The number of nitrogens with one attached hydrogen (secondary N) is 1. The summed E-state index contributed by atoms with van der Waals surface area (Å²) in [5.41, 5.74) is 0. The van der Waals surface area contributed by atoms with E-state index in [1.54, 1.807) is 19.2 Å². The maximum Gasteiger partial charge on any atom is 0.214 e. The maximum atomic E-state index is 12.7. The Balaban J connectivity index is 1.87. The number of nitrogens with zero attached hydrogens (tertiary/aromatic N) is 1. The molecule has 1 aromatic rings. The normalized spacial score (nSPS) is 25.6. The SMILES string of the molecule is COC1CC(Nc2cccc(F)n2)C1. The van der Waals surface area contributed by atoms with E-state index >= 15 is 0 Å². The number of ether oxygens (including phenoxy) is 1. The molecule has 0 saturated heterocycles. The van der Waals surface area contributed by atoms with Crippen LogP contribution in [0.3, 0.4) is 0 Å². The number of hydrogen-bond acceptors (Lipinski definition) is 3. The van der Waals surface area contributed by atoms with Crippen molar-refractivity contribution in [2.24, 2.45) is 0 Å². The Bertz CT molecular complexity index is 313. The standard InChI is InChI=1S/C10H13FN2O/c1-14-8-5-7(6-8)12-10-4-2-3-9(11)13-10/h2-4,7-8H,5-6H2,1H3,(H,12,13). The van der Waals surface area contributed by atoms with Crippen LogP contribution in [0.1, 0.15) is 12.8 Å². The van der Waals surface area contributed by atoms with Crippen molar-refractivity contribution in [1.29, 1.82) is 0 Å². The highest BCUT2D eigenvalue weighted by atomic mass is 19.1. The molecule has 2 rings (SSSR count). The van der Waals surface area contributed by atoms with Gasteiger partial charge in [-0.25, -0.2) is 4.98 Å². The first kappa shape index (κ1) is 9.40. The Kier molecular flexibility index (Phi) is 2.63. The number of hydrogen-bond donors (Lipinski definition) is 1. The molecule has 14 heavy (non-hydrogen) atoms. The molecule has 76 valence electrons. The van der Waals surface area contributed by atoms with Crippen LogP contribution in [0.4, 0.5) is 10.2 Å². The number of methoxy groups -OCH3 is 1. The first-order valence-corrected chi connectivity index (χ1v) is 4.70. The van der Waals surface area contributed by atoms with Crippen molar-refractivity contribution in [3.05, 3.63) is 24.1 Å². The smallest absolute Gasteiger partial charge is 0.214 e. The van der Waals surface area contributed by atoms with E-state index in [0.717, 1.165) is 12.8 Å². The number of aromatic nitrogens is 1. The number of anilines is 1. The van der Waals surface area contributed by atoms with Gasteiger partial charge in [0.15, 0.2) is 0 Å². The molecule has 1 saturated carbocycles. The van der Waals surface area contributed by atoms with Crippen LogP contribution in [0.15, 0.2) is 18.2 Å². The van der Waals surface area contributed by atoms with E-state index in [1.165, 1.54) is 6.07 Å². The van der Waals surface area contributed by atoms with Crippen molar-refractivity contribution in [3.8, 4) is 0 Å². The Morgan fingerprint density at radius 3 is 2.93 bits per heavy atom. The van der Waals surface area contributed by atoms with Gasteiger partial charge < -0.3 is 10.1 Å². The highest BCUT2D eigenvalue weighted by molar-refractivity contribution is 5.35. The number of pyridine rings is 1. The second-order valence-electron chi connectivity index (χ2n) is 3.52. The lowest BCUT2D eigenvalue weighted by molar-refractivity contribution is 0.0328. The second kappa shape index (κ2) is 3.92. The molecule has 1 aliphatic carbocycles. The van der Waals surface area contributed by atoms with Crippen LogP contribution in [0, 0.1) is 5.95 Å². The summed E-state index contributed by atoms with van der Waals surface area (Å²) in [5, 5.41) is 3.15. The molecule has 0 unspecified atom stereocenters. The number of halogens is 1. The molecule has 0 aliphatic heterocycles. The van der Waals surface area contributed by atoms with E-state index in [1.807, 2.05) is 0 Å². The summed E-state index contributed by atoms with van der Waals surface area (Å²) in [5.74, 6) is 0.155. The lowest BCUT2D eigenvalue weighted by atomic mass is 9.89. The molecule has 1 aliphatic rings. The van der Waals surface area contributed by atoms with Gasteiger partial charge in [0.05, 0.1) is 6.10 Å². The van der Waals surface area contributed by atoms with Crippen molar-refractivity contribution in [2.45, 2.75) is 25.0 Å². The van der Waals surface area contributed by atoms with E-state index in [4.69, 9.17) is 4.74 Å². The largest absolute Gasteiger partial charge is 0.381 e. The van der Waals surface area contributed by atoms with Crippen LogP contribution < -0.4 is 5.32 Å². The number of rotatable bonds is 3. The monoisotopic (exact) mass is 196 g/mol. The van der Waals surface area contributed by atoms with Gasteiger partial charge in [0.2, 0.25) is 5.95 Å². The molecule has 0 bridgehead atoms. The van der Waals surface area contributed by atoms with Gasteiger partial charge in [0.25, 0.3) is 0 Å². The van der Waals surface area contributed by atoms with Crippen molar-refractivity contribution >= 4 is 5.82 Å². The predicted molar refractivity (Wildman–Crippen MR) is 51.6 cm³/mol. The third-order valence-electron chi connectivity index (χ3n) is 2.50. The third-order valence-corrected chi connectivity index (χ3v) is 2.50. The average molecular weight is 196 g/mol. The van der Waals surface area contributed by atoms with Gasteiger partial charge in [-0.15, -0.1) is 0 Å². The highest BCUT2D eigenvalue weighted by Crippen LogP contribution is 2.25. The van der Waals surface area contributed by atoms with E-state index < -0.39 is 5.95 Å². The molecule has 0 radical (unpaired) electrons. The van der Waals surface area contributed by atoms with Crippen LogP contribution in [-0.2, 0) is 4.74 Å². The van der Waals surface area contributed by atoms with E-state index in [-0.39, 0.29) is 0 Å². The van der Waals surface area contributed by atoms with Crippen LogP contribution in [0.2, 0.25) is 0 Å². The Morgan fingerprint density at radius 2 is 2.29 bits per heavy atom. The minimum atomic E-state index is -0.447. The van der Waals surface area contributed by atoms with Gasteiger partial charge in [0, 0.05) is 13.2 Å².